The van der Waals surface area contributed by atoms with E-state index in [-0.39, 0.29) is 17.8 Å². The highest BCUT2D eigenvalue weighted by molar-refractivity contribution is 6.15. The third kappa shape index (κ3) is 5.75. The highest BCUT2D eigenvalue weighted by Crippen LogP contribution is 2.17. The van der Waals surface area contributed by atoms with Crippen molar-refractivity contribution >= 4 is 11.7 Å². The number of amides is 1. The predicted molar refractivity (Wildman–Crippen MR) is 113 cm³/mol. The minimum atomic E-state index is -0.239. The van der Waals surface area contributed by atoms with Crippen molar-refractivity contribution in [2.24, 2.45) is 0 Å². The fourth-order valence-corrected chi connectivity index (χ4v) is 3.38. The first-order chi connectivity index (χ1) is 14.1. The van der Waals surface area contributed by atoms with E-state index < -0.39 is 0 Å². The van der Waals surface area contributed by atoms with E-state index in [4.69, 9.17) is 9.47 Å². The van der Waals surface area contributed by atoms with E-state index in [9.17, 15) is 9.59 Å². The molecule has 5 heteroatoms. The normalized spacial score (nSPS) is 16.0. The van der Waals surface area contributed by atoms with Gasteiger partial charge in [-0.2, -0.15) is 0 Å². The highest BCUT2D eigenvalue weighted by Gasteiger charge is 2.18. The van der Waals surface area contributed by atoms with Gasteiger partial charge >= 0.3 is 0 Å². The summed E-state index contributed by atoms with van der Waals surface area (Å²) in [5.74, 6) is -0.379. The summed E-state index contributed by atoms with van der Waals surface area (Å²) in [5, 5.41) is 2.89. The molecule has 0 saturated carbocycles. The number of nitrogens with one attached hydrogen (secondary N) is 1. The molecule has 2 aromatic rings. The molecule has 1 aliphatic heterocycles. The van der Waals surface area contributed by atoms with Crippen molar-refractivity contribution in [2.45, 2.75) is 39.2 Å². The molecule has 1 heterocycles. The summed E-state index contributed by atoms with van der Waals surface area (Å²) in [4.78, 5) is 25.6. The van der Waals surface area contributed by atoms with E-state index >= 15 is 0 Å². The largest absolute Gasteiger partial charge is 0.379 e. The molecular weight excluding hydrogens is 366 g/mol. The number of benzene rings is 2. The minimum Gasteiger partial charge on any atom is -0.379 e. The molecule has 3 rings (SSSR count). The second-order valence-electron chi connectivity index (χ2n) is 7.49. The van der Waals surface area contributed by atoms with Crippen LogP contribution in [0.5, 0.6) is 0 Å². The fraction of sp³-hybridized carbons (Fsp3) is 0.417. The molecule has 29 heavy (non-hydrogen) atoms. The molecule has 1 amide bonds. The Labute approximate surface area is 172 Å². The van der Waals surface area contributed by atoms with Crippen molar-refractivity contribution < 1.29 is 19.1 Å². The van der Waals surface area contributed by atoms with Crippen molar-refractivity contribution in [1.29, 1.82) is 0 Å². The number of aryl methyl sites for hydroxylation is 2. The van der Waals surface area contributed by atoms with Gasteiger partial charge < -0.3 is 14.8 Å². The lowest BCUT2D eigenvalue weighted by atomic mass is 9.95. The van der Waals surface area contributed by atoms with E-state index in [1.807, 2.05) is 32.0 Å². The second-order valence-corrected chi connectivity index (χ2v) is 7.49. The molecule has 154 valence electrons. The van der Waals surface area contributed by atoms with Gasteiger partial charge in [0, 0.05) is 30.9 Å². The summed E-state index contributed by atoms with van der Waals surface area (Å²) in [7, 11) is 0. The number of rotatable bonds is 9. The molecule has 1 saturated heterocycles. The van der Waals surface area contributed by atoms with Gasteiger partial charge in [0.05, 0.1) is 18.3 Å². The van der Waals surface area contributed by atoms with E-state index in [2.05, 4.69) is 5.32 Å². The van der Waals surface area contributed by atoms with Crippen molar-refractivity contribution in [3.63, 3.8) is 0 Å². The highest BCUT2D eigenvalue weighted by atomic mass is 16.5. The van der Waals surface area contributed by atoms with Gasteiger partial charge in [0.15, 0.2) is 5.78 Å². The SMILES string of the molecule is Cc1ccc(C(=O)c2ccccc2C(=O)NCCCOCC2CCCO2)cc1C. The van der Waals surface area contributed by atoms with Gasteiger partial charge in [-0.25, -0.2) is 0 Å². The molecule has 1 unspecified atom stereocenters. The van der Waals surface area contributed by atoms with E-state index in [0.717, 1.165) is 30.6 Å². The van der Waals surface area contributed by atoms with Crippen LogP contribution in [0.25, 0.3) is 0 Å². The number of hydrogen-bond acceptors (Lipinski definition) is 4. The van der Waals surface area contributed by atoms with E-state index in [1.54, 1.807) is 24.3 Å². The molecule has 0 aromatic heterocycles. The monoisotopic (exact) mass is 395 g/mol. The van der Waals surface area contributed by atoms with Crippen molar-refractivity contribution in [1.82, 2.24) is 5.32 Å². The van der Waals surface area contributed by atoms with Gasteiger partial charge in [0.2, 0.25) is 0 Å². The van der Waals surface area contributed by atoms with Gasteiger partial charge in [-0.3, -0.25) is 9.59 Å². The Morgan fingerprint density at radius 1 is 1.10 bits per heavy atom. The van der Waals surface area contributed by atoms with Gasteiger partial charge in [0.25, 0.3) is 5.91 Å². The lowest BCUT2D eigenvalue weighted by Gasteiger charge is -2.12. The first-order valence-electron chi connectivity index (χ1n) is 10.2. The summed E-state index contributed by atoms with van der Waals surface area (Å²) in [6, 6.07) is 12.6. The predicted octanol–water partition coefficient (Wildman–Crippen LogP) is 3.85. The summed E-state index contributed by atoms with van der Waals surface area (Å²) < 4.78 is 11.1. The first-order valence-corrected chi connectivity index (χ1v) is 10.2. The van der Waals surface area contributed by atoms with Crippen LogP contribution in [0, 0.1) is 13.8 Å². The minimum absolute atomic E-state index is 0.140. The maximum Gasteiger partial charge on any atom is 0.252 e. The van der Waals surface area contributed by atoms with Crippen LogP contribution in [0.3, 0.4) is 0 Å². The molecule has 0 spiro atoms. The van der Waals surface area contributed by atoms with E-state index in [0.29, 0.717) is 42.9 Å². The fourth-order valence-electron chi connectivity index (χ4n) is 3.38. The van der Waals surface area contributed by atoms with Crippen LogP contribution >= 0.6 is 0 Å². The Kier molecular flexibility index (Phi) is 7.55. The lowest BCUT2D eigenvalue weighted by Crippen LogP contribution is -2.27. The average Bonchev–Trinajstić information content (AvgIpc) is 3.25. The molecule has 0 bridgehead atoms. The zero-order valence-corrected chi connectivity index (χ0v) is 17.2. The Bertz CT molecular complexity index is 856. The van der Waals surface area contributed by atoms with Crippen LogP contribution in [0.2, 0.25) is 0 Å². The Morgan fingerprint density at radius 2 is 1.90 bits per heavy atom. The third-order valence-corrected chi connectivity index (χ3v) is 5.26. The number of carbonyl (C=O) groups is 2. The van der Waals surface area contributed by atoms with E-state index in [1.165, 1.54) is 0 Å². The lowest BCUT2D eigenvalue weighted by molar-refractivity contribution is 0.0166. The quantitative estimate of drug-likeness (QED) is 0.517. The molecule has 5 nitrogen and oxygen atoms in total. The molecule has 0 aliphatic carbocycles. The number of ether oxygens (including phenoxy) is 2. The maximum absolute atomic E-state index is 13.0. The standard InChI is InChI=1S/C24H29NO4/c1-17-10-11-19(15-18(17)2)23(26)21-8-3-4-9-22(21)24(27)25-12-6-13-28-16-20-7-5-14-29-20/h3-4,8-11,15,20H,5-7,12-14,16H2,1-2H3,(H,25,27). The molecule has 1 fully saturated rings. The van der Waals surface area contributed by atoms with Gasteiger partial charge in [-0.15, -0.1) is 0 Å². The zero-order valence-electron chi connectivity index (χ0n) is 17.2. The Hall–Kier alpha value is -2.50. The van der Waals surface area contributed by atoms with Crippen molar-refractivity contribution in [2.75, 3.05) is 26.4 Å². The van der Waals surface area contributed by atoms with Gasteiger partial charge in [-0.1, -0.05) is 30.3 Å². The summed E-state index contributed by atoms with van der Waals surface area (Å²) in [6.45, 7) is 6.49. The van der Waals surface area contributed by atoms with Crippen LogP contribution in [-0.2, 0) is 9.47 Å². The summed E-state index contributed by atoms with van der Waals surface area (Å²) in [6.07, 6.45) is 3.09. The maximum atomic E-state index is 13.0. The summed E-state index contributed by atoms with van der Waals surface area (Å²) in [5.41, 5.74) is 3.60. The molecule has 2 aromatic carbocycles. The average molecular weight is 395 g/mol. The molecule has 0 radical (unpaired) electrons. The van der Waals surface area contributed by atoms with Crippen LogP contribution in [0.4, 0.5) is 0 Å². The number of carbonyl (C=O) groups excluding carboxylic acids is 2. The van der Waals surface area contributed by atoms with Crippen LogP contribution in [0.15, 0.2) is 42.5 Å². The topological polar surface area (TPSA) is 64.6 Å². The van der Waals surface area contributed by atoms with Crippen molar-refractivity contribution in [3.05, 3.63) is 70.3 Å². The molecule has 1 N–H and O–H groups in total. The Morgan fingerprint density at radius 3 is 2.62 bits per heavy atom. The van der Waals surface area contributed by atoms with Gasteiger partial charge in [0.1, 0.15) is 0 Å². The molecule has 1 atom stereocenters. The van der Waals surface area contributed by atoms with Crippen molar-refractivity contribution in [3.8, 4) is 0 Å². The smallest absolute Gasteiger partial charge is 0.252 e. The van der Waals surface area contributed by atoms with Gasteiger partial charge in [-0.05, 0) is 56.4 Å². The first kappa shape index (κ1) is 21.2. The molecular formula is C24H29NO4. The Balaban J connectivity index is 1.54. The zero-order chi connectivity index (χ0) is 20.6. The summed E-state index contributed by atoms with van der Waals surface area (Å²) >= 11 is 0. The number of ketones is 1. The second kappa shape index (κ2) is 10.3. The number of hydrogen-bond donors (Lipinski definition) is 1. The molecule has 1 aliphatic rings. The third-order valence-electron chi connectivity index (χ3n) is 5.26. The van der Waals surface area contributed by atoms with Crippen LogP contribution in [0.1, 0.15) is 56.7 Å². The van der Waals surface area contributed by atoms with Crippen LogP contribution in [-0.4, -0.2) is 44.2 Å². The van der Waals surface area contributed by atoms with Crippen LogP contribution < -0.4 is 5.32 Å².